The zero-order valence-electron chi connectivity index (χ0n) is 12.4. The van der Waals surface area contributed by atoms with E-state index < -0.39 is 0 Å². The van der Waals surface area contributed by atoms with Gasteiger partial charge in [0.15, 0.2) is 0 Å². The van der Waals surface area contributed by atoms with Crippen LogP contribution in [0, 0.1) is 0 Å². The topological polar surface area (TPSA) is 15.3 Å². The molecule has 1 heterocycles. The molecule has 0 bridgehead atoms. The molecule has 0 spiro atoms. The summed E-state index contributed by atoms with van der Waals surface area (Å²) in [4.78, 5) is 2.64. The van der Waals surface area contributed by atoms with E-state index in [2.05, 4.69) is 60.7 Å². The SMILES string of the molecule is CSCCN1CC(C)(c2ccccc2)NCCC1C. The average molecular weight is 278 g/mol. The summed E-state index contributed by atoms with van der Waals surface area (Å²) in [7, 11) is 0. The summed E-state index contributed by atoms with van der Waals surface area (Å²) in [6, 6.07) is 11.5. The van der Waals surface area contributed by atoms with Gasteiger partial charge in [0.25, 0.3) is 0 Å². The number of benzene rings is 1. The molecule has 1 aliphatic heterocycles. The smallest absolute Gasteiger partial charge is 0.0535 e. The molecule has 0 aromatic heterocycles. The van der Waals surface area contributed by atoms with Gasteiger partial charge in [0.1, 0.15) is 0 Å². The van der Waals surface area contributed by atoms with Gasteiger partial charge in [-0.15, -0.1) is 0 Å². The van der Waals surface area contributed by atoms with Gasteiger partial charge in [-0.1, -0.05) is 30.3 Å². The van der Waals surface area contributed by atoms with Crippen LogP contribution in [0.15, 0.2) is 30.3 Å². The Morgan fingerprint density at radius 2 is 2.11 bits per heavy atom. The lowest BCUT2D eigenvalue weighted by Gasteiger charge is -2.36. The first-order valence-electron chi connectivity index (χ1n) is 7.19. The van der Waals surface area contributed by atoms with Crippen molar-refractivity contribution in [3.63, 3.8) is 0 Å². The Balaban J connectivity index is 2.16. The van der Waals surface area contributed by atoms with Gasteiger partial charge in [-0.05, 0) is 38.6 Å². The van der Waals surface area contributed by atoms with E-state index in [1.165, 1.54) is 24.3 Å². The molecule has 0 aliphatic carbocycles. The van der Waals surface area contributed by atoms with Gasteiger partial charge >= 0.3 is 0 Å². The highest BCUT2D eigenvalue weighted by atomic mass is 32.2. The first-order chi connectivity index (χ1) is 9.15. The zero-order chi connectivity index (χ0) is 13.7. The van der Waals surface area contributed by atoms with E-state index in [9.17, 15) is 0 Å². The van der Waals surface area contributed by atoms with Gasteiger partial charge in [0, 0.05) is 24.9 Å². The Hall–Kier alpha value is -0.510. The average Bonchev–Trinajstić information content (AvgIpc) is 2.58. The second-order valence-corrected chi connectivity index (χ2v) is 6.71. The molecule has 2 rings (SSSR count). The molecule has 0 amide bonds. The van der Waals surface area contributed by atoms with E-state index in [-0.39, 0.29) is 5.54 Å². The summed E-state index contributed by atoms with van der Waals surface area (Å²) < 4.78 is 0. The summed E-state index contributed by atoms with van der Waals surface area (Å²) in [5, 5.41) is 3.76. The molecule has 2 atom stereocenters. The van der Waals surface area contributed by atoms with Crippen molar-refractivity contribution in [2.24, 2.45) is 0 Å². The molecule has 1 saturated heterocycles. The van der Waals surface area contributed by atoms with Crippen molar-refractivity contribution in [3.05, 3.63) is 35.9 Å². The third-order valence-corrected chi connectivity index (χ3v) is 4.80. The molecule has 19 heavy (non-hydrogen) atoms. The van der Waals surface area contributed by atoms with E-state index in [0.29, 0.717) is 6.04 Å². The van der Waals surface area contributed by atoms with Gasteiger partial charge in [0.05, 0.1) is 5.54 Å². The van der Waals surface area contributed by atoms with Crippen LogP contribution in [0.25, 0.3) is 0 Å². The predicted octanol–water partition coefficient (Wildman–Crippen LogP) is 2.95. The van der Waals surface area contributed by atoms with Gasteiger partial charge in [0.2, 0.25) is 0 Å². The van der Waals surface area contributed by atoms with Crippen molar-refractivity contribution >= 4 is 11.8 Å². The maximum atomic E-state index is 3.76. The molecule has 1 fully saturated rings. The molecule has 0 saturated carbocycles. The molecule has 1 aliphatic rings. The van der Waals surface area contributed by atoms with E-state index in [0.717, 1.165) is 13.1 Å². The van der Waals surface area contributed by atoms with Crippen molar-refractivity contribution in [2.45, 2.75) is 31.8 Å². The van der Waals surface area contributed by atoms with Crippen LogP contribution in [0.3, 0.4) is 0 Å². The second-order valence-electron chi connectivity index (χ2n) is 5.73. The van der Waals surface area contributed by atoms with Crippen molar-refractivity contribution in [2.75, 3.05) is 31.6 Å². The normalized spacial score (nSPS) is 29.1. The van der Waals surface area contributed by atoms with Crippen LogP contribution in [0.5, 0.6) is 0 Å². The van der Waals surface area contributed by atoms with Crippen LogP contribution in [0.1, 0.15) is 25.8 Å². The summed E-state index contributed by atoms with van der Waals surface area (Å²) in [5.41, 5.74) is 1.47. The van der Waals surface area contributed by atoms with E-state index in [1.54, 1.807) is 0 Å². The lowest BCUT2D eigenvalue weighted by atomic mass is 9.91. The predicted molar refractivity (Wildman–Crippen MR) is 85.8 cm³/mol. The highest BCUT2D eigenvalue weighted by Crippen LogP contribution is 2.26. The third-order valence-electron chi connectivity index (χ3n) is 4.21. The number of hydrogen-bond donors (Lipinski definition) is 1. The van der Waals surface area contributed by atoms with Crippen LogP contribution >= 0.6 is 11.8 Å². The maximum absolute atomic E-state index is 3.76. The number of nitrogens with one attached hydrogen (secondary N) is 1. The minimum absolute atomic E-state index is 0.0738. The lowest BCUT2D eigenvalue weighted by Crippen LogP contribution is -2.48. The first kappa shape index (κ1) is 14.9. The minimum Gasteiger partial charge on any atom is -0.306 e. The molecule has 1 aromatic carbocycles. The summed E-state index contributed by atoms with van der Waals surface area (Å²) in [5.74, 6) is 1.22. The van der Waals surface area contributed by atoms with Gasteiger partial charge in [-0.2, -0.15) is 11.8 Å². The van der Waals surface area contributed by atoms with Gasteiger partial charge in [-0.25, -0.2) is 0 Å². The van der Waals surface area contributed by atoms with Crippen molar-refractivity contribution < 1.29 is 0 Å². The number of thioether (sulfide) groups is 1. The Labute approximate surface area is 122 Å². The molecule has 0 radical (unpaired) electrons. The van der Waals surface area contributed by atoms with Crippen molar-refractivity contribution in [3.8, 4) is 0 Å². The van der Waals surface area contributed by atoms with Gasteiger partial charge < -0.3 is 5.32 Å². The minimum atomic E-state index is 0.0738. The molecular weight excluding hydrogens is 252 g/mol. The van der Waals surface area contributed by atoms with Crippen LogP contribution < -0.4 is 5.32 Å². The molecule has 1 N–H and O–H groups in total. The van der Waals surface area contributed by atoms with Crippen molar-refractivity contribution in [1.29, 1.82) is 0 Å². The molecule has 2 nitrogen and oxygen atoms in total. The number of nitrogens with zero attached hydrogens (tertiary/aromatic N) is 1. The number of hydrogen-bond acceptors (Lipinski definition) is 3. The van der Waals surface area contributed by atoms with Crippen LogP contribution in [-0.2, 0) is 5.54 Å². The second kappa shape index (κ2) is 6.78. The molecule has 106 valence electrons. The standard InChI is InChI=1S/C16H26N2S/c1-14-9-10-17-16(2,13-18(14)11-12-19-3)15-7-5-4-6-8-15/h4-8,14,17H,9-13H2,1-3H3. The Bertz CT molecular complexity index is 382. The number of rotatable bonds is 4. The fourth-order valence-corrected chi connectivity index (χ4v) is 3.28. The molecule has 1 aromatic rings. The monoisotopic (exact) mass is 278 g/mol. The summed E-state index contributed by atoms with van der Waals surface area (Å²) >= 11 is 1.94. The van der Waals surface area contributed by atoms with E-state index in [4.69, 9.17) is 0 Å². The van der Waals surface area contributed by atoms with Crippen molar-refractivity contribution in [1.82, 2.24) is 10.2 Å². The Kier molecular flexibility index (Phi) is 5.31. The van der Waals surface area contributed by atoms with E-state index in [1.807, 2.05) is 11.8 Å². The Morgan fingerprint density at radius 3 is 2.79 bits per heavy atom. The lowest BCUT2D eigenvalue weighted by molar-refractivity contribution is 0.184. The highest BCUT2D eigenvalue weighted by Gasteiger charge is 2.32. The molecule has 2 unspecified atom stereocenters. The summed E-state index contributed by atoms with van der Waals surface area (Å²) in [6.07, 6.45) is 3.42. The zero-order valence-corrected chi connectivity index (χ0v) is 13.2. The van der Waals surface area contributed by atoms with Gasteiger partial charge in [-0.3, -0.25) is 4.90 Å². The Morgan fingerprint density at radius 1 is 1.37 bits per heavy atom. The quantitative estimate of drug-likeness (QED) is 0.911. The van der Waals surface area contributed by atoms with E-state index >= 15 is 0 Å². The molecule has 3 heteroatoms. The van der Waals surface area contributed by atoms with Crippen LogP contribution in [-0.4, -0.2) is 42.6 Å². The van der Waals surface area contributed by atoms with Crippen LogP contribution in [0.4, 0.5) is 0 Å². The largest absolute Gasteiger partial charge is 0.306 e. The third kappa shape index (κ3) is 3.74. The maximum Gasteiger partial charge on any atom is 0.0535 e. The highest BCUT2D eigenvalue weighted by molar-refractivity contribution is 7.98. The summed E-state index contributed by atoms with van der Waals surface area (Å²) in [6.45, 7) is 8.08. The first-order valence-corrected chi connectivity index (χ1v) is 8.58. The fraction of sp³-hybridized carbons (Fsp3) is 0.625. The fourth-order valence-electron chi connectivity index (χ4n) is 2.86. The molecular formula is C16H26N2S. The van der Waals surface area contributed by atoms with Crippen LogP contribution in [0.2, 0.25) is 0 Å².